The van der Waals surface area contributed by atoms with Gasteiger partial charge in [-0.3, -0.25) is 9.58 Å². The van der Waals surface area contributed by atoms with Crippen molar-refractivity contribution in [2.75, 3.05) is 6.54 Å². The molecular formula is C17H18N4OS. The van der Waals surface area contributed by atoms with Gasteiger partial charge >= 0.3 is 0 Å². The molecule has 1 aliphatic rings. The van der Waals surface area contributed by atoms with E-state index < -0.39 is 6.10 Å². The highest BCUT2D eigenvalue weighted by molar-refractivity contribution is 7.09. The molecule has 3 heterocycles. The van der Waals surface area contributed by atoms with Crippen LogP contribution in [0, 0.1) is 0 Å². The quantitative estimate of drug-likeness (QED) is 0.800. The Morgan fingerprint density at radius 1 is 1.22 bits per heavy atom. The summed E-state index contributed by atoms with van der Waals surface area (Å²) in [5, 5.41) is 18.3. The standard InChI is InChI=1S/C17H18N4OS/c22-17(13-4-2-1-3-5-13)15-10-14-11-20(7-8-21(14)19-15)12-16-18-6-9-23-16/h1-6,9-10,17,22H,7-8,11-12H2/t17-/m0/s1. The zero-order chi connectivity index (χ0) is 15.6. The number of thiazole rings is 1. The summed E-state index contributed by atoms with van der Waals surface area (Å²) in [4.78, 5) is 6.72. The number of hydrogen-bond donors (Lipinski definition) is 1. The van der Waals surface area contributed by atoms with E-state index in [1.807, 2.05) is 52.7 Å². The highest BCUT2D eigenvalue weighted by Gasteiger charge is 2.22. The molecule has 0 bridgehead atoms. The third-order valence-corrected chi connectivity index (χ3v) is 4.90. The highest BCUT2D eigenvalue weighted by Crippen LogP contribution is 2.24. The van der Waals surface area contributed by atoms with E-state index in [1.54, 1.807) is 11.3 Å². The number of aliphatic hydroxyl groups is 1. The molecule has 0 radical (unpaired) electrons. The lowest BCUT2D eigenvalue weighted by Gasteiger charge is -2.26. The smallest absolute Gasteiger partial charge is 0.123 e. The molecular weight excluding hydrogens is 308 g/mol. The molecule has 3 aromatic rings. The summed E-state index contributed by atoms with van der Waals surface area (Å²) in [6.45, 7) is 3.52. The molecule has 4 rings (SSSR count). The maximum Gasteiger partial charge on any atom is 0.123 e. The van der Waals surface area contributed by atoms with Gasteiger partial charge in [0.15, 0.2) is 0 Å². The lowest BCUT2D eigenvalue weighted by Crippen LogP contribution is -2.33. The van der Waals surface area contributed by atoms with E-state index in [9.17, 15) is 5.11 Å². The number of nitrogens with zero attached hydrogens (tertiary/aromatic N) is 4. The van der Waals surface area contributed by atoms with Gasteiger partial charge in [0.25, 0.3) is 0 Å². The molecule has 5 nitrogen and oxygen atoms in total. The van der Waals surface area contributed by atoms with Gasteiger partial charge in [0.05, 0.1) is 24.5 Å². The van der Waals surface area contributed by atoms with Gasteiger partial charge in [0.1, 0.15) is 11.1 Å². The Labute approximate surface area is 138 Å². The molecule has 0 fully saturated rings. The molecule has 1 aliphatic heterocycles. The summed E-state index contributed by atoms with van der Waals surface area (Å²) in [6, 6.07) is 11.7. The maximum atomic E-state index is 10.5. The van der Waals surface area contributed by atoms with Gasteiger partial charge in [0.2, 0.25) is 0 Å². The van der Waals surface area contributed by atoms with Gasteiger partial charge in [-0.25, -0.2) is 4.98 Å². The SMILES string of the molecule is O[C@@H](c1ccccc1)c1cc2n(n1)CCN(Cc1nccs1)C2. The fourth-order valence-corrected chi connectivity index (χ4v) is 3.60. The van der Waals surface area contributed by atoms with Crippen LogP contribution in [0.2, 0.25) is 0 Å². The van der Waals surface area contributed by atoms with Crippen molar-refractivity contribution in [3.63, 3.8) is 0 Å². The van der Waals surface area contributed by atoms with Gasteiger partial charge in [-0.05, 0) is 11.6 Å². The predicted molar refractivity (Wildman–Crippen MR) is 89.0 cm³/mol. The summed E-state index contributed by atoms with van der Waals surface area (Å²) < 4.78 is 2.01. The van der Waals surface area contributed by atoms with Crippen molar-refractivity contribution in [2.24, 2.45) is 0 Å². The number of benzene rings is 1. The molecule has 118 valence electrons. The first kappa shape index (κ1) is 14.6. The van der Waals surface area contributed by atoms with E-state index in [1.165, 1.54) is 0 Å². The predicted octanol–water partition coefficient (Wildman–Crippen LogP) is 2.44. The Bertz CT molecular complexity index is 769. The van der Waals surface area contributed by atoms with Crippen molar-refractivity contribution in [3.8, 4) is 0 Å². The molecule has 0 saturated heterocycles. The molecule has 23 heavy (non-hydrogen) atoms. The summed E-state index contributed by atoms with van der Waals surface area (Å²) >= 11 is 1.69. The topological polar surface area (TPSA) is 54.2 Å². The molecule has 6 heteroatoms. The number of hydrogen-bond acceptors (Lipinski definition) is 5. The lowest BCUT2D eigenvalue weighted by atomic mass is 10.1. The number of rotatable bonds is 4. The molecule has 1 atom stereocenters. The molecule has 0 aliphatic carbocycles. The third-order valence-electron chi connectivity index (χ3n) is 4.13. The van der Waals surface area contributed by atoms with Gasteiger partial charge in [0, 0.05) is 24.7 Å². The Morgan fingerprint density at radius 2 is 2.09 bits per heavy atom. The Kier molecular flexibility index (Phi) is 3.95. The van der Waals surface area contributed by atoms with Crippen molar-refractivity contribution in [2.45, 2.75) is 25.7 Å². The normalized spacial score (nSPS) is 16.2. The van der Waals surface area contributed by atoms with Gasteiger partial charge in [-0.1, -0.05) is 30.3 Å². The maximum absolute atomic E-state index is 10.5. The van der Waals surface area contributed by atoms with E-state index in [-0.39, 0.29) is 0 Å². The summed E-state index contributed by atoms with van der Waals surface area (Å²) in [6.07, 6.45) is 1.18. The van der Waals surface area contributed by atoms with Crippen LogP contribution >= 0.6 is 11.3 Å². The van der Waals surface area contributed by atoms with Crippen LogP contribution in [0.1, 0.15) is 28.1 Å². The van der Waals surface area contributed by atoms with Gasteiger partial charge in [-0.2, -0.15) is 5.10 Å². The minimum Gasteiger partial charge on any atom is -0.382 e. The van der Waals surface area contributed by atoms with E-state index in [0.717, 1.165) is 48.1 Å². The lowest BCUT2D eigenvalue weighted by molar-refractivity contribution is 0.200. The second-order valence-corrected chi connectivity index (χ2v) is 6.71. The molecule has 1 N–H and O–H groups in total. The third kappa shape index (κ3) is 3.06. The monoisotopic (exact) mass is 326 g/mol. The average Bonchev–Trinajstić information content (AvgIpc) is 3.24. The molecule has 0 unspecified atom stereocenters. The van der Waals surface area contributed by atoms with Crippen LogP contribution in [0.3, 0.4) is 0 Å². The zero-order valence-corrected chi connectivity index (χ0v) is 13.5. The first-order valence-corrected chi connectivity index (χ1v) is 8.58. The van der Waals surface area contributed by atoms with E-state index in [2.05, 4.69) is 15.0 Å². The van der Waals surface area contributed by atoms with Gasteiger partial charge in [-0.15, -0.1) is 11.3 Å². The molecule has 0 amide bonds. The molecule has 1 aromatic carbocycles. The van der Waals surface area contributed by atoms with Crippen LogP contribution in [-0.4, -0.2) is 31.3 Å². The minimum absolute atomic E-state index is 0.665. The second kappa shape index (κ2) is 6.23. The van der Waals surface area contributed by atoms with Gasteiger partial charge < -0.3 is 5.11 Å². The first-order chi connectivity index (χ1) is 11.3. The van der Waals surface area contributed by atoms with E-state index in [0.29, 0.717) is 0 Å². The van der Waals surface area contributed by atoms with Crippen LogP contribution in [0.25, 0.3) is 0 Å². The Balaban J connectivity index is 1.51. The molecule has 2 aromatic heterocycles. The first-order valence-electron chi connectivity index (χ1n) is 7.70. The van der Waals surface area contributed by atoms with E-state index >= 15 is 0 Å². The Morgan fingerprint density at radius 3 is 2.87 bits per heavy atom. The number of aliphatic hydroxyl groups excluding tert-OH is 1. The number of fused-ring (bicyclic) bond motifs is 1. The van der Waals surface area contributed by atoms with Crippen LogP contribution in [-0.2, 0) is 19.6 Å². The van der Waals surface area contributed by atoms with Crippen molar-refractivity contribution in [1.82, 2.24) is 19.7 Å². The summed E-state index contributed by atoms with van der Waals surface area (Å²) in [5.41, 5.74) is 2.75. The van der Waals surface area contributed by atoms with Crippen LogP contribution in [0.4, 0.5) is 0 Å². The Hall–Kier alpha value is -2.02. The second-order valence-electron chi connectivity index (χ2n) is 5.73. The molecule has 0 spiro atoms. The zero-order valence-electron chi connectivity index (χ0n) is 12.7. The fourth-order valence-electron chi connectivity index (χ4n) is 2.94. The van der Waals surface area contributed by atoms with E-state index in [4.69, 9.17) is 0 Å². The van der Waals surface area contributed by atoms with Crippen molar-refractivity contribution >= 4 is 11.3 Å². The van der Waals surface area contributed by atoms with Crippen LogP contribution in [0.15, 0.2) is 48.0 Å². The highest BCUT2D eigenvalue weighted by atomic mass is 32.1. The summed E-state index contributed by atoms with van der Waals surface area (Å²) in [5.74, 6) is 0. The number of aromatic nitrogens is 3. The summed E-state index contributed by atoms with van der Waals surface area (Å²) in [7, 11) is 0. The van der Waals surface area contributed by atoms with Crippen molar-refractivity contribution in [3.05, 3.63) is 69.9 Å². The van der Waals surface area contributed by atoms with Crippen molar-refractivity contribution < 1.29 is 5.11 Å². The average molecular weight is 326 g/mol. The van der Waals surface area contributed by atoms with Crippen molar-refractivity contribution in [1.29, 1.82) is 0 Å². The van der Waals surface area contributed by atoms with Crippen LogP contribution in [0.5, 0.6) is 0 Å². The minimum atomic E-state index is -0.665. The largest absolute Gasteiger partial charge is 0.382 e. The fraction of sp³-hybridized carbons (Fsp3) is 0.294. The molecule has 0 saturated carbocycles. The van der Waals surface area contributed by atoms with Crippen LogP contribution < -0.4 is 0 Å².